The summed E-state index contributed by atoms with van der Waals surface area (Å²) in [5.41, 5.74) is 1.38. The minimum absolute atomic E-state index is 0.0566. The molecule has 1 heterocycles. The second kappa shape index (κ2) is 7.37. The van der Waals surface area contributed by atoms with Crippen LogP contribution in [0, 0.1) is 5.92 Å². The summed E-state index contributed by atoms with van der Waals surface area (Å²) in [6, 6.07) is 10.1. The van der Waals surface area contributed by atoms with E-state index in [0.29, 0.717) is 33.1 Å². The number of rotatable bonds is 6. The Kier molecular flexibility index (Phi) is 5.12. The quantitative estimate of drug-likeness (QED) is 0.602. The van der Waals surface area contributed by atoms with E-state index in [-0.39, 0.29) is 22.8 Å². The average molecular weight is 447 g/mol. The minimum atomic E-state index is -4.01. The number of fused-ring (bicyclic) bond motifs is 1. The van der Waals surface area contributed by atoms with Crippen LogP contribution < -0.4 is 10.5 Å². The fourth-order valence-corrected chi connectivity index (χ4v) is 4.80. The average Bonchev–Trinajstić information content (AvgIpc) is 3.36. The Morgan fingerprint density at radius 1 is 1.30 bits per heavy atom. The Hall–Kier alpha value is -2.42. The third kappa shape index (κ3) is 3.82. The zero-order valence-electron chi connectivity index (χ0n) is 16.7. The molecule has 1 amide bonds. The smallest absolute Gasteiger partial charge is 0.238 e. The molecule has 1 aromatic heterocycles. The number of hydrogen-bond acceptors (Lipinski definition) is 4. The second-order valence-corrected chi connectivity index (χ2v) is 10.0. The molecule has 1 aliphatic rings. The summed E-state index contributed by atoms with van der Waals surface area (Å²) in [6.45, 7) is 4.25. The fraction of sp³-hybridized carbons (Fsp3) is 0.333. The zero-order chi connectivity index (χ0) is 21.7. The predicted octanol–water partition coefficient (Wildman–Crippen LogP) is 3.66. The van der Waals surface area contributed by atoms with Crippen molar-refractivity contribution in [3.8, 4) is 0 Å². The number of hydrogen-bond donors (Lipinski definition) is 2. The number of anilines is 1. The van der Waals surface area contributed by atoms with E-state index < -0.39 is 10.0 Å². The van der Waals surface area contributed by atoms with Crippen LogP contribution >= 0.6 is 11.6 Å². The van der Waals surface area contributed by atoms with E-state index in [9.17, 15) is 13.2 Å². The van der Waals surface area contributed by atoms with Crippen LogP contribution in [0.25, 0.3) is 10.9 Å². The predicted molar refractivity (Wildman–Crippen MR) is 117 cm³/mol. The molecular weight excluding hydrogens is 424 g/mol. The van der Waals surface area contributed by atoms with Gasteiger partial charge in [0.25, 0.3) is 0 Å². The van der Waals surface area contributed by atoms with Crippen LogP contribution in [0.3, 0.4) is 0 Å². The number of nitrogens with two attached hydrogens (primary N) is 1. The lowest BCUT2D eigenvalue weighted by atomic mass is 10.0. The van der Waals surface area contributed by atoms with E-state index in [0.717, 1.165) is 12.8 Å². The Bertz CT molecular complexity index is 1250. The first kappa shape index (κ1) is 20.8. The van der Waals surface area contributed by atoms with E-state index in [1.165, 1.54) is 6.07 Å². The van der Waals surface area contributed by atoms with Gasteiger partial charge in [-0.3, -0.25) is 9.48 Å². The summed E-state index contributed by atoms with van der Waals surface area (Å²) in [5.74, 6) is 0.0441. The van der Waals surface area contributed by atoms with Crippen LogP contribution in [0.15, 0.2) is 47.5 Å². The van der Waals surface area contributed by atoms with Gasteiger partial charge in [0, 0.05) is 22.3 Å². The highest BCUT2D eigenvalue weighted by Crippen LogP contribution is 2.49. The van der Waals surface area contributed by atoms with Crippen LogP contribution in [0.1, 0.15) is 32.3 Å². The highest BCUT2D eigenvalue weighted by Gasteiger charge is 2.48. The van der Waals surface area contributed by atoms with Gasteiger partial charge in [0.15, 0.2) is 0 Å². The molecule has 1 aliphatic carbocycles. The van der Waals surface area contributed by atoms with Gasteiger partial charge in [-0.2, -0.15) is 5.10 Å². The number of amides is 1. The fourth-order valence-electron chi connectivity index (χ4n) is 3.85. The molecule has 0 unspecified atom stereocenters. The molecule has 2 aromatic carbocycles. The number of benzene rings is 2. The maximum atomic E-state index is 12.5. The molecule has 3 aromatic rings. The van der Waals surface area contributed by atoms with Gasteiger partial charge in [-0.1, -0.05) is 43.6 Å². The maximum Gasteiger partial charge on any atom is 0.238 e. The lowest BCUT2D eigenvalue weighted by molar-refractivity contribution is -0.115. The molecule has 0 atom stereocenters. The monoisotopic (exact) mass is 446 g/mol. The molecular formula is C21H23ClN4O3S. The first-order chi connectivity index (χ1) is 14.1. The molecule has 0 bridgehead atoms. The molecule has 3 N–H and O–H groups in total. The van der Waals surface area contributed by atoms with Crippen molar-refractivity contribution in [2.24, 2.45) is 11.1 Å². The second-order valence-electron chi connectivity index (χ2n) is 8.10. The summed E-state index contributed by atoms with van der Waals surface area (Å²) >= 11 is 6.12. The summed E-state index contributed by atoms with van der Waals surface area (Å²) in [4.78, 5) is 12.5. The first-order valence-corrected chi connectivity index (χ1v) is 11.6. The van der Waals surface area contributed by atoms with Crippen molar-refractivity contribution in [2.75, 3.05) is 5.32 Å². The van der Waals surface area contributed by atoms with Gasteiger partial charge in [-0.05, 0) is 42.5 Å². The number of nitrogens with zero attached hydrogens (tertiary/aromatic N) is 2. The molecule has 4 rings (SSSR count). The van der Waals surface area contributed by atoms with Gasteiger partial charge in [0.1, 0.15) is 0 Å². The van der Waals surface area contributed by atoms with Gasteiger partial charge in [-0.25, -0.2) is 13.6 Å². The van der Waals surface area contributed by atoms with E-state index in [2.05, 4.69) is 24.3 Å². The van der Waals surface area contributed by atoms with Gasteiger partial charge in [-0.15, -0.1) is 0 Å². The lowest BCUT2D eigenvalue weighted by Crippen LogP contribution is -2.23. The number of carbonyl (C=O) groups excluding carboxylic acids is 1. The van der Waals surface area contributed by atoms with Crippen molar-refractivity contribution in [3.63, 3.8) is 0 Å². The van der Waals surface area contributed by atoms with Gasteiger partial charge in [0.05, 0.1) is 22.4 Å². The molecule has 158 valence electrons. The molecule has 7 nitrogen and oxygen atoms in total. The summed E-state index contributed by atoms with van der Waals surface area (Å²) in [5, 5.41) is 13.8. The van der Waals surface area contributed by atoms with Crippen molar-refractivity contribution >= 4 is 44.1 Å². The van der Waals surface area contributed by atoms with Crippen LogP contribution in [0.2, 0.25) is 5.02 Å². The van der Waals surface area contributed by atoms with Gasteiger partial charge >= 0.3 is 0 Å². The highest BCUT2D eigenvalue weighted by atomic mass is 35.5. The molecule has 0 saturated heterocycles. The molecule has 1 saturated carbocycles. The molecule has 30 heavy (non-hydrogen) atoms. The first-order valence-electron chi connectivity index (χ1n) is 9.70. The Morgan fingerprint density at radius 3 is 2.60 bits per heavy atom. The molecule has 9 heteroatoms. The molecule has 0 spiro atoms. The standard InChI is InChI=1S/C21H23ClN4O3S/c1-13(2)21(7-8-21)26-12-16-18(25-26)10-15(11-19(16)30(23,28)29)24-20(27)9-14-5-3-4-6-17(14)22/h3-6,10-13H,7-9H2,1-2H3,(H,24,27)(H2,23,28,29). The van der Waals surface area contributed by atoms with Crippen LogP contribution in [-0.4, -0.2) is 24.1 Å². The number of sulfonamides is 1. The van der Waals surface area contributed by atoms with Crippen molar-refractivity contribution in [1.29, 1.82) is 0 Å². The van der Waals surface area contributed by atoms with Crippen molar-refractivity contribution in [3.05, 3.63) is 53.2 Å². The summed E-state index contributed by atoms with van der Waals surface area (Å²) in [7, 11) is -4.01. The Balaban J connectivity index is 1.70. The number of halogens is 1. The van der Waals surface area contributed by atoms with E-state index in [1.54, 1.807) is 36.5 Å². The van der Waals surface area contributed by atoms with E-state index in [4.69, 9.17) is 16.7 Å². The molecule has 0 aliphatic heterocycles. The number of primary sulfonamides is 1. The zero-order valence-corrected chi connectivity index (χ0v) is 18.3. The van der Waals surface area contributed by atoms with Crippen molar-refractivity contribution < 1.29 is 13.2 Å². The van der Waals surface area contributed by atoms with Crippen molar-refractivity contribution in [2.45, 2.75) is 43.5 Å². The van der Waals surface area contributed by atoms with E-state index in [1.807, 2.05) is 4.68 Å². The Labute approximate surface area is 180 Å². The minimum Gasteiger partial charge on any atom is -0.326 e. The largest absolute Gasteiger partial charge is 0.326 e. The third-order valence-corrected chi connectivity index (χ3v) is 7.10. The number of aromatic nitrogens is 2. The summed E-state index contributed by atoms with van der Waals surface area (Å²) < 4.78 is 26.3. The highest BCUT2D eigenvalue weighted by molar-refractivity contribution is 7.89. The normalized spacial score (nSPS) is 15.5. The van der Waals surface area contributed by atoms with Crippen LogP contribution in [-0.2, 0) is 26.8 Å². The molecule has 0 radical (unpaired) electrons. The SMILES string of the molecule is CC(C)C1(n2cc3c(S(N)(=O)=O)cc(NC(=O)Cc4ccccc4Cl)cc3n2)CC1. The third-order valence-electron chi connectivity index (χ3n) is 5.78. The summed E-state index contributed by atoms with van der Waals surface area (Å²) in [6.07, 6.45) is 3.79. The molecule has 1 fully saturated rings. The van der Waals surface area contributed by atoms with Crippen LogP contribution in [0.5, 0.6) is 0 Å². The number of nitrogens with one attached hydrogen (secondary N) is 1. The van der Waals surface area contributed by atoms with Gasteiger partial charge in [0.2, 0.25) is 15.9 Å². The lowest BCUT2D eigenvalue weighted by Gasteiger charge is -2.19. The topological polar surface area (TPSA) is 107 Å². The van der Waals surface area contributed by atoms with Gasteiger partial charge < -0.3 is 5.32 Å². The Morgan fingerprint density at radius 2 is 2.00 bits per heavy atom. The number of carbonyl (C=O) groups is 1. The van der Waals surface area contributed by atoms with E-state index >= 15 is 0 Å². The van der Waals surface area contributed by atoms with Crippen molar-refractivity contribution in [1.82, 2.24) is 9.78 Å². The van der Waals surface area contributed by atoms with Crippen LogP contribution in [0.4, 0.5) is 5.69 Å². The maximum absolute atomic E-state index is 12.5.